The van der Waals surface area contributed by atoms with E-state index in [4.69, 9.17) is 4.74 Å². The van der Waals surface area contributed by atoms with Gasteiger partial charge in [-0.25, -0.2) is 4.79 Å². The average Bonchev–Trinajstić information content (AvgIpc) is 2.72. The molecule has 2 heteroatoms. The highest BCUT2D eigenvalue weighted by atomic mass is 16.5. The molecular weight excluding hydrogens is 272 g/mol. The first-order chi connectivity index (χ1) is 10.3. The highest BCUT2D eigenvalue weighted by molar-refractivity contribution is 5.92. The monoisotopic (exact) mass is 300 g/mol. The van der Waals surface area contributed by atoms with Gasteiger partial charge in [-0.05, 0) is 61.7 Å². The Morgan fingerprint density at radius 3 is 2.77 bits per heavy atom. The SMILES string of the molecule is CC1=C2C=C3CC[C@H]4C(C)(C)CCC[C@]4(C)[C@H]3CC2OC1=O. The van der Waals surface area contributed by atoms with Gasteiger partial charge >= 0.3 is 5.97 Å². The number of allylic oxidation sites excluding steroid dienone is 1. The van der Waals surface area contributed by atoms with Crippen LogP contribution in [0.25, 0.3) is 0 Å². The van der Waals surface area contributed by atoms with E-state index < -0.39 is 0 Å². The third kappa shape index (κ3) is 1.82. The molecule has 0 spiro atoms. The van der Waals surface area contributed by atoms with Gasteiger partial charge in [-0.2, -0.15) is 0 Å². The Kier molecular flexibility index (Phi) is 2.97. The lowest BCUT2D eigenvalue weighted by molar-refractivity contribution is -0.141. The van der Waals surface area contributed by atoms with E-state index in [1.165, 1.54) is 37.7 Å². The fourth-order valence-electron chi connectivity index (χ4n) is 6.24. The number of carbonyl (C=O) groups is 1. The summed E-state index contributed by atoms with van der Waals surface area (Å²) >= 11 is 0. The van der Waals surface area contributed by atoms with E-state index in [1.807, 2.05) is 6.92 Å². The Bertz CT molecular complexity index is 595. The molecule has 0 amide bonds. The van der Waals surface area contributed by atoms with Gasteiger partial charge in [0.05, 0.1) is 0 Å². The van der Waals surface area contributed by atoms with E-state index in [-0.39, 0.29) is 12.1 Å². The molecule has 22 heavy (non-hydrogen) atoms. The van der Waals surface area contributed by atoms with Crippen LogP contribution in [0.5, 0.6) is 0 Å². The van der Waals surface area contributed by atoms with E-state index in [1.54, 1.807) is 5.57 Å². The van der Waals surface area contributed by atoms with Crippen molar-refractivity contribution >= 4 is 5.97 Å². The molecule has 0 N–H and O–H groups in total. The van der Waals surface area contributed by atoms with Crippen LogP contribution in [0.15, 0.2) is 22.8 Å². The number of hydrogen-bond donors (Lipinski definition) is 0. The Labute approximate surface area is 134 Å². The molecule has 1 unspecified atom stereocenters. The topological polar surface area (TPSA) is 26.3 Å². The third-order valence-corrected chi connectivity index (χ3v) is 7.37. The largest absolute Gasteiger partial charge is 0.454 e. The van der Waals surface area contributed by atoms with Gasteiger partial charge in [0, 0.05) is 11.1 Å². The van der Waals surface area contributed by atoms with E-state index in [2.05, 4.69) is 26.8 Å². The van der Waals surface area contributed by atoms with Crippen molar-refractivity contribution < 1.29 is 9.53 Å². The maximum absolute atomic E-state index is 11.9. The summed E-state index contributed by atoms with van der Waals surface area (Å²) in [4.78, 5) is 11.9. The minimum atomic E-state index is -0.0961. The fourth-order valence-corrected chi connectivity index (χ4v) is 6.24. The van der Waals surface area contributed by atoms with Crippen molar-refractivity contribution in [2.24, 2.45) is 22.7 Å². The summed E-state index contributed by atoms with van der Waals surface area (Å²) in [7, 11) is 0. The highest BCUT2D eigenvalue weighted by Gasteiger charge is 2.55. The molecule has 4 aliphatic rings. The van der Waals surface area contributed by atoms with E-state index in [0.717, 1.165) is 17.9 Å². The minimum Gasteiger partial charge on any atom is -0.454 e. The summed E-state index contributed by atoms with van der Waals surface area (Å²) in [5.41, 5.74) is 4.46. The number of ether oxygens (including phenoxy) is 1. The molecule has 0 saturated heterocycles. The zero-order chi connectivity index (χ0) is 15.7. The minimum absolute atomic E-state index is 0.0295. The number of carbonyl (C=O) groups excluding carboxylic acids is 1. The second kappa shape index (κ2) is 4.49. The van der Waals surface area contributed by atoms with Crippen LogP contribution >= 0.6 is 0 Å². The summed E-state index contributed by atoms with van der Waals surface area (Å²) in [5, 5.41) is 0. The van der Waals surface area contributed by atoms with E-state index >= 15 is 0 Å². The second-order valence-electron chi connectivity index (χ2n) is 8.92. The van der Waals surface area contributed by atoms with Crippen LogP contribution in [0.2, 0.25) is 0 Å². The second-order valence-corrected chi connectivity index (χ2v) is 8.92. The first-order valence-electron chi connectivity index (χ1n) is 8.95. The van der Waals surface area contributed by atoms with E-state index in [0.29, 0.717) is 16.7 Å². The molecule has 0 aromatic heterocycles. The molecular formula is C20H28O2. The lowest BCUT2D eigenvalue weighted by Crippen LogP contribution is -2.51. The predicted molar refractivity (Wildman–Crippen MR) is 87.2 cm³/mol. The first-order valence-corrected chi connectivity index (χ1v) is 8.95. The summed E-state index contributed by atoms with van der Waals surface area (Å²) in [6.07, 6.45) is 9.96. The number of rotatable bonds is 0. The van der Waals surface area contributed by atoms with Crippen LogP contribution < -0.4 is 0 Å². The van der Waals surface area contributed by atoms with Gasteiger partial charge in [0.1, 0.15) is 6.10 Å². The summed E-state index contributed by atoms with van der Waals surface area (Å²) in [6, 6.07) is 0. The summed E-state index contributed by atoms with van der Waals surface area (Å²) in [5.74, 6) is 1.32. The van der Waals surface area contributed by atoms with Crippen LogP contribution in [-0.4, -0.2) is 12.1 Å². The fraction of sp³-hybridized carbons (Fsp3) is 0.750. The van der Waals surface area contributed by atoms with Gasteiger partial charge < -0.3 is 4.74 Å². The molecule has 2 saturated carbocycles. The molecule has 120 valence electrons. The zero-order valence-electron chi connectivity index (χ0n) is 14.4. The Hall–Kier alpha value is -1.05. The Morgan fingerprint density at radius 1 is 1.23 bits per heavy atom. The Morgan fingerprint density at radius 2 is 2.00 bits per heavy atom. The number of fused-ring (bicyclic) bond motifs is 4. The van der Waals surface area contributed by atoms with E-state index in [9.17, 15) is 4.79 Å². The van der Waals surface area contributed by atoms with Crippen molar-refractivity contribution in [3.05, 3.63) is 22.8 Å². The zero-order valence-corrected chi connectivity index (χ0v) is 14.4. The molecule has 3 aliphatic carbocycles. The van der Waals surface area contributed by atoms with Gasteiger partial charge in [0.15, 0.2) is 0 Å². The standard InChI is InChI=1S/C20H28O2/c1-12-14-10-13-6-7-17-19(2,3)8-5-9-20(17,4)15(13)11-16(14)22-18(12)21/h10,15-17H,5-9,11H2,1-4H3/t15-,16?,17-,20+/m0/s1. The number of hydrogen-bond acceptors (Lipinski definition) is 2. The van der Waals surface area contributed by atoms with Crippen LogP contribution in [0, 0.1) is 22.7 Å². The summed E-state index contributed by atoms with van der Waals surface area (Å²) in [6.45, 7) is 9.38. The Balaban J connectivity index is 1.74. The lowest BCUT2D eigenvalue weighted by Gasteiger charge is -2.59. The molecule has 2 nitrogen and oxygen atoms in total. The van der Waals surface area contributed by atoms with Gasteiger partial charge in [0.2, 0.25) is 0 Å². The molecule has 4 rings (SSSR count). The quantitative estimate of drug-likeness (QED) is 0.601. The van der Waals surface area contributed by atoms with Gasteiger partial charge in [-0.1, -0.05) is 38.8 Å². The molecule has 0 aromatic carbocycles. The molecule has 2 fully saturated rings. The molecule has 0 aromatic rings. The number of esters is 1. The van der Waals surface area contributed by atoms with Crippen molar-refractivity contribution in [2.45, 2.75) is 72.3 Å². The van der Waals surface area contributed by atoms with Crippen LogP contribution in [0.3, 0.4) is 0 Å². The van der Waals surface area contributed by atoms with Crippen molar-refractivity contribution in [2.75, 3.05) is 0 Å². The van der Waals surface area contributed by atoms with Gasteiger partial charge in [-0.15, -0.1) is 0 Å². The maximum Gasteiger partial charge on any atom is 0.334 e. The predicted octanol–water partition coefficient (Wildman–Crippen LogP) is 4.80. The van der Waals surface area contributed by atoms with Crippen LogP contribution in [-0.2, 0) is 9.53 Å². The first kappa shape index (κ1) is 14.5. The van der Waals surface area contributed by atoms with Crippen molar-refractivity contribution in [3.8, 4) is 0 Å². The van der Waals surface area contributed by atoms with Crippen molar-refractivity contribution in [1.82, 2.24) is 0 Å². The molecule has 0 bridgehead atoms. The van der Waals surface area contributed by atoms with Gasteiger partial charge in [0.25, 0.3) is 0 Å². The highest BCUT2D eigenvalue weighted by Crippen LogP contribution is 2.63. The third-order valence-electron chi connectivity index (χ3n) is 7.37. The van der Waals surface area contributed by atoms with Crippen molar-refractivity contribution in [1.29, 1.82) is 0 Å². The smallest absolute Gasteiger partial charge is 0.334 e. The molecule has 1 heterocycles. The van der Waals surface area contributed by atoms with Crippen molar-refractivity contribution in [3.63, 3.8) is 0 Å². The lowest BCUT2D eigenvalue weighted by atomic mass is 9.46. The average molecular weight is 300 g/mol. The summed E-state index contributed by atoms with van der Waals surface area (Å²) < 4.78 is 5.65. The van der Waals surface area contributed by atoms with Crippen LogP contribution in [0.4, 0.5) is 0 Å². The van der Waals surface area contributed by atoms with Crippen LogP contribution in [0.1, 0.15) is 66.2 Å². The van der Waals surface area contributed by atoms with Gasteiger partial charge in [-0.3, -0.25) is 0 Å². The molecule has 1 aliphatic heterocycles. The normalized spacial score (nSPS) is 43.0. The maximum atomic E-state index is 11.9. The molecule has 4 atom stereocenters. The molecule has 0 radical (unpaired) electrons.